The largest absolute Gasteiger partial charge is 0.352 e. The minimum absolute atomic E-state index is 0.223. The highest BCUT2D eigenvalue weighted by Gasteiger charge is 2.53. The van der Waals surface area contributed by atoms with E-state index in [0.29, 0.717) is 13.0 Å². The van der Waals surface area contributed by atoms with Crippen molar-refractivity contribution in [2.45, 2.75) is 19.0 Å². The van der Waals surface area contributed by atoms with Gasteiger partial charge in [0.2, 0.25) is 11.9 Å². The van der Waals surface area contributed by atoms with Crippen molar-refractivity contribution in [3.05, 3.63) is 58.1 Å². The number of nitrogens with one attached hydrogen (secondary N) is 1. The number of carbonyl (C=O) groups excluding carboxylic acids is 1. The second kappa shape index (κ2) is 4.92. The number of hydrogen-bond acceptors (Lipinski definition) is 3. The number of hydrogen-bond donors (Lipinski definition) is 1. The van der Waals surface area contributed by atoms with Gasteiger partial charge in [0.05, 0.1) is 0 Å². The molecule has 0 bridgehead atoms. The van der Waals surface area contributed by atoms with Gasteiger partial charge < -0.3 is 5.32 Å². The Kier molecular flexibility index (Phi) is 3.10. The lowest BCUT2D eigenvalue weighted by Gasteiger charge is -2.07. The zero-order valence-corrected chi connectivity index (χ0v) is 10.8. The zero-order valence-electron chi connectivity index (χ0n) is 10.8. The van der Waals surface area contributed by atoms with E-state index >= 15 is 0 Å². The Labute approximate surface area is 115 Å². The molecule has 1 aliphatic rings. The van der Waals surface area contributed by atoms with Crippen molar-refractivity contribution in [3.63, 3.8) is 0 Å². The molecular formula is C15H14N2O3. The molecular weight excluding hydrogens is 256 g/mol. The van der Waals surface area contributed by atoms with Gasteiger partial charge in [0.15, 0.2) is 0 Å². The van der Waals surface area contributed by atoms with Crippen LogP contribution in [0.5, 0.6) is 0 Å². The third kappa shape index (κ3) is 2.34. The molecule has 2 aromatic rings. The Balaban J connectivity index is 1.69. The van der Waals surface area contributed by atoms with Gasteiger partial charge in [-0.1, -0.05) is 42.5 Å². The van der Waals surface area contributed by atoms with Gasteiger partial charge in [-0.15, -0.1) is 0 Å². The topological polar surface area (TPSA) is 72.2 Å². The molecule has 1 N–H and O–H groups in total. The first-order valence-electron chi connectivity index (χ1n) is 6.54. The summed E-state index contributed by atoms with van der Waals surface area (Å²) in [6.07, 6.45) is 0.356. The fourth-order valence-corrected chi connectivity index (χ4v) is 2.46. The van der Waals surface area contributed by atoms with E-state index in [9.17, 15) is 14.9 Å². The van der Waals surface area contributed by atoms with E-state index in [0.717, 1.165) is 16.3 Å². The van der Waals surface area contributed by atoms with E-state index in [1.165, 1.54) is 0 Å². The number of carbonyl (C=O) groups is 1. The molecule has 2 unspecified atom stereocenters. The van der Waals surface area contributed by atoms with Crippen molar-refractivity contribution in [2.24, 2.45) is 5.92 Å². The summed E-state index contributed by atoms with van der Waals surface area (Å²) in [7, 11) is 0. The summed E-state index contributed by atoms with van der Waals surface area (Å²) in [4.78, 5) is 22.0. The van der Waals surface area contributed by atoms with Gasteiger partial charge >= 0.3 is 0 Å². The monoisotopic (exact) mass is 270 g/mol. The molecule has 0 spiro atoms. The number of amides is 1. The van der Waals surface area contributed by atoms with E-state index < -0.39 is 12.0 Å². The molecule has 2 aromatic carbocycles. The summed E-state index contributed by atoms with van der Waals surface area (Å²) in [5.41, 5.74) is 1.02. The quantitative estimate of drug-likeness (QED) is 0.683. The Morgan fingerprint density at radius 3 is 2.75 bits per heavy atom. The molecule has 1 aliphatic carbocycles. The molecule has 0 aromatic heterocycles. The summed E-state index contributed by atoms with van der Waals surface area (Å²) in [5.74, 6) is -0.681. The van der Waals surface area contributed by atoms with E-state index in [4.69, 9.17) is 0 Å². The predicted octanol–water partition coefficient (Wildman–Crippen LogP) is 2.12. The van der Waals surface area contributed by atoms with Crippen molar-refractivity contribution in [1.82, 2.24) is 5.32 Å². The maximum absolute atomic E-state index is 11.8. The van der Waals surface area contributed by atoms with Gasteiger partial charge in [-0.3, -0.25) is 14.9 Å². The molecule has 5 nitrogen and oxygen atoms in total. The van der Waals surface area contributed by atoms with E-state index in [2.05, 4.69) is 5.32 Å². The standard InChI is InChI=1S/C15H14N2O3/c18-15(13-8-14(13)17(19)20)16-9-11-6-3-5-10-4-1-2-7-12(10)11/h1-7,13-14H,8-9H2,(H,16,18). The summed E-state index contributed by atoms with van der Waals surface area (Å²) in [5, 5.41) is 15.6. The third-order valence-electron chi connectivity index (χ3n) is 3.70. The molecule has 1 saturated carbocycles. The summed E-state index contributed by atoms with van der Waals surface area (Å²) in [6, 6.07) is 13.2. The molecule has 5 heteroatoms. The fourth-order valence-electron chi connectivity index (χ4n) is 2.46. The second-order valence-electron chi connectivity index (χ2n) is 5.05. The number of nitro groups is 1. The molecule has 3 rings (SSSR count). The minimum atomic E-state index is -0.692. The van der Waals surface area contributed by atoms with Crippen molar-refractivity contribution in [1.29, 1.82) is 0 Å². The van der Waals surface area contributed by atoms with Crippen LogP contribution in [0.2, 0.25) is 0 Å². The van der Waals surface area contributed by atoms with Gasteiger partial charge in [-0.25, -0.2) is 0 Å². The molecule has 0 aliphatic heterocycles. The third-order valence-corrected chi connectivity index (χ3v) is 3.70. The summed E-state index contributed by atoms with van der Waals surface area (Å²) < 4.78 is 0. The highest BCUT2D eigenvalue weighted by Crippen LogP contribution is 2.33. The molecule has 2 atom stereocenters. The zero-order chi connectivity index (χ0) is 14.1. The molecule has 1 amide bonds. The van der Waals surface area contributed by atoms with Crippen LogP contribution >= 0.6 is 0 Å². The number of rotatable bonds is 4. The van der Waals surface area contributed by atoms with Crippen LogP contribution in [0.15, 0.2) is 42.5 Å². The van der Waals surface area contributed by atoms with Gasteiger partial charge in [0.1, 0.15) is 5.92 Å². The maximum atomic E-state index is 11.8. The SMILES string of the molecule is O=C(NCc1cccc2ccccc12)C1CC1[N+](=O)[O-]. The summed E-state index contributed by atoms with van der Waals surface area (Å²) >= 11 is 0. The first-order valence-corrected chi connectivity index (χ1v) is 6.54. The fraction of sp³-hybridized carbons (Fsp3) is 0.267. The van der Waals surface area contributed by atoms with Gasteiger partial charge in [0, 0.05) is 17.9 Å². The lowest BCUT2D eigenvalue weighted by atomic mass is 10.0. The lowest BCUT2D eigenvalue weighted by molar-refractivity contribution is -0.497. The van der Waals surface area contributed by atoms with Crippen LogP contribution < -0.4 is 5.32 Å². The second-order valence-corrected chi connectivity index (χ2v) is 5.05. The molecule has 102 valence electrons. The van der Waals surface area contributed by atoms with Gasteiger partial charge in [-0.2, -0.15) is 0 Å². The number of nitrogens with zero attached hydrogens (tertiary/aromatic N) is 1. The highest BCUT2D eigenvalue weighted by atomic mass is 16.6. The van der Waals surface area contributed by atoms with Crippen LogP contribution in [0.3, 0.4) is 0 Å². The molecule has 0 saturated heterocycles. The summed E-state index contributed by atoms with van der Waals surface area (Å²) in [6.45, 7) is 0.404. The van der Waals surface area contributed by atoms with Crippen molar-refractivity contribution in [2.75, 3.05) is 0 Å². The van der Waals surface area contributed by atoms with Crippen LogP contribution in [-0.2, 0) is 11.3 Å². The predicted molar refractivity (Wildman–Crippen MR) is 74.7 cm³/mol. The van der Waals surface area contributed by atoms with Gasteiger partial charge in [-0.05, 0) is 16.3 Å². The Hall–Kier alpha value is -2.43. The van der Waals surface area contributed by atoms with Gasteiger partial charge in [0.25, 0.3) is 0 Å². The average Bonchev–Trinajstić information content (AvgIpc) is 3.25. The Morgan fingerprint density at radius 1 is 1.25 bits per heavy atom. The highest BCUT2D eigenvalue weighted by molar-refractivity contribution is 5.87. The first kappa shape index (κ1) is 12.6. The lowest BCUT2D eigenvalue weighted by Crippen LogP contribution is -2.26. The molecule has 1 fully saturated rings. The minimum Gasteiger partial charge on any atom is -0.352 e. The molecule has 0 heterocycles. The van der Waals surface area contributed by atoms with E-state index in [1.807, 2.05) is 42.5 Å². The number of benzene rings is 2. The average molecular weight is 270 g/mol. The van der Waals surface area contributed by atoms with Crippen molar-refractivity contribution >= 4 is 16.7 Å². The van der Waals surface area contributed by atoms with Crippen LogP contribution in [0.1, 0.15) is 12.0 Å². The molecule has 0 radical (unpaired) electrons. The molecule has 20 heavy (non-hydrogen) atoms. The van der Waals surface area contributed by atoms with Crippen molar-refractivity contribution < 1.29 is 9.72 Å². The first-order chi connectivity index (χ1) is 9.66. The van der Waals surface area contributed by atoms with Crippen LogP contribution in [-0.4, -0.2) is 16.9 Å². The normalized spacial score (nSPS) is 20.6. The maximum Gasteiger partial charge on any atom is 0.230 e. The van der Waals surface area contributed by atoms with E-state index in [-0.39, 0.29) is 10.8 Å². The van der Waals surface area contributed by atoms with Crippen LogP contribution in [0.4, 0.5) is 0 Å². The van der Waals surface area contributed by atoms with Crippen molar-refractivity contribution in [3.8, 4) is 0 Å². The van der Waals surface area contributed by atoms with Crippen LogP contribution in [0.25, 0.3) is 10.8 Å². The van der Waals surface area contributed by atoms with Crippen LogP contribution in [0, 0.1) is 16.0 Å². The number of fused-ring (bicyclic) bond motifs is 1. The Morgan fingerprint density at radius 2 is 2.00 bits per heavy atom. The smallest absolute Gasteiger partial charge is 0.230 e. The van der Waals surface area contributed by atoms with E-state index in [1.54, 1.807) is 0 Å². The Bertz CT molecular complexity index is 678.